The van der Waals surface area contributed by atoms with Crippen LogP contribution in [-0.2, 0) is 6.61 Å². The second-order valence-corrected chi connectivity index (χ2v) is 6.91. The molecule has 1 aromatic heterocycles. The van der Waals surface area contributed by atoms with Gasteiger partial charge in [0.15, 0.2) is 17.3 Å². The highest BCUT2D eigenvalue weighted by Gasteiger charge is 2.06. The van der Waals surface area contributed by atoms with Gasteiger partial charge in [-0.3, -0.25) is 5.43 Å². The molecule has 0 bridgehead atoms. The van der Waals surface area contributed by atoms with E-state index in [0.717, 1.165) is 21.9 Å². The number of halogens is 1. The molecule has 1 N–H and O–H groups in total. The number of aromatic nitrogens is 2. The first kappa shape index (κ1) is 19.7. The molecule has 150 valence electrons. The quantitative estimate of drug-likeness (QED) is 0.325. The summed E-state index contributed by atoms with van der Waals surface area (Å²) >= 11 is 5.92. The largest absolute Gasteiger partial charge is 0.493 e. The molecule has 0 atom stereocenters. The molecule has 3 aromatic carbocycles. The Labute approximate surface area is 179 Å². The fourth-order valence-corrected chi connectivity index (χ4v) is 3.03. The van der Waals surface area contributed by atoms with Gasteiger partial charge in [-0.05, 0) is 41.5 Å². The second-order valence-electron chi connectivity index (χ2n) is 6.48. The van der Waals surface area contributed by atoms with Gasteiger partial charge in [-0.15, -0.1) is 5.10 Å². The SMILES string of the molecule is COc1cc(/C=N\Nc2nncc3ccccc23)ccc1OCc1ccc(Cl)cc1. The van der Waals surface area contributed by atoms with E-state index < -0.39 is 0 Å². The molecule has 0 fully saturated rings. The number of nitrogens with one attached hydrogen (secondary N) is 1. The van der Waals surface area contributed by atoms with Crippen molar-refractivity contribution in [3.8, 4) is 11.5 Å². The third kappa shape index (κ3) is 4.67. The number of hydrogen-bond acceptors (Lipinski definition) is 6. The maximum atomic E-state index is 5.92. The number of methoxy groups -OCH3 is 1. The van der Waals surface area contributed by atoms with Gasteiger partial charge in [-0.1, -0.05) is 48.0 Å². The summed E-state index contributed by atoms with van der Waals surface area (Å²) in [6.07, 6.45) is 3.41. The lowest BCUT2D eigenvalue weighted by Crippen LogP contribution is -1.99. The Morgan fingerprint density at radius 1 is 1.03 bits per heavy atom. The Morgan fingerprint density at radius 3 is 2.70 bits per heavy atom. The fraction of sp³-hybridized carbons (Fsp3) is 0.0870. The average Bonchev–Trinajstić information content (AvgIpc) is 2.79. The summed E-state index contributed by atoms with van der Waals surface area (Å²) < 4.78 is 11.3. The van der Waals surface area contributed by atoms with E-state index in [1.54, 1.807) is 19.5 Å². The molecule has 1 heterocycles. The molecule has 0 saturated heterocycles. The van der Waals surface area contributed by atoms with Crippen molar-refractivity contribution in [3.63, 3.8) is 0 Å². The minimum absolute atomic E-state index is 0.419. The monoisotopic (exact) mass is 418 g/mol. The van der Waals surface area contributed by atoms with Crippen LogP contribution in [0.25, 0.3) is 10.8 Å². The van der Waals surface area contributed by atoms with Crippen LogP contribution in [-0.4, -0.2) is 23.5 Å². The normalized spacial score (nSPS) is 11.0. The zero-order valence-electron chi connectivity index (χ0n) is 16.2. The van der Waals surface area contributed by atoms with Gasteiger partial charge in [0.1, 0.15) is 6.61 Å². The minimum Gasteiger partial charge on any atom is -0.493 e. The van der Waals surface area contributed by atoms with Crippen molar-refractivity contribution in [2.45, 2.75) is 6.61 Å². The standard InChI is InChI=1S/C23H19ClN4O2/c1-29-22-12-17(8-11-21(22)30-15-16-6-9-19(24)10-7-16)13-25-27-23-20-5-3-2-4-18(20)14-26-28-23/h2-14H,15H2,1H3,(H,27,28)/b25-13-. The molecule has 0 amide bonds. The molecule has 0 unspecified atom stereocenters. The van der Waals surface area contributed by atoms with Crippen LogP contribution in [0.15, 0.2) is 78.0 Å². The number of benzene rings is 3. The van der Waals surface area contributed by atoms with Gasteiger partial charge in [-0.25, -0.2) is 0 Å². The molecule has 6 nitrogen and oxygen atoms in total. The third-order valence-corrected chi connectivity index (χ3v) is 4.70. The first-order valence-electron chi connectivity index (χ1n) is 9.28. The molecular weight excluding hydrogens is 400 g/mol. The summed E-state index contributed by atoms with van der Waals surface area (Å²) in [5.41, 5.74) is 4.83. The van der Waals surface area contributed by atoms with Gasteiger partial charge in [0.2, 0.25) is 0 Å². The van der Waals surface area contributed by atoms with Crippen LogP contribution in [0.5, 0.6) is 11.5 Å². The Balaban J connectivity index is 1.45. The van der Waals surface area contributed by atoms with E-state index in [1.807, 2.05) is 66.7 Å². The summed E-state index contributed by atoms with van der Waals surface area (Å²) in [7, 11) is 1.61. The summed E-state index contributed by atoms with van der Waals surface area (Å²) in [5, 5.41) is 15.0. The molecular formula is C23H19ClN4O2. The smallest absolute Gasteiger partial charge is 0.176 e. The average molecular weight is 419 g/mol. The van der Waals surface area contributed by atoms with Crippen molar-refractivity contribution in [2.75, 3.05) is 12.5 Å². The molecule has 0 radical (unpaired) electrons. The summed E-state index contributed by atoms with van der Waals surface area (Å²) in [4.78, 5) is 0. The van der Waals surface area contributed by atoms with E-state index in [4.69, 9.17) is 21.1 Å². The van der Waals surface area contributed by atoms with Crippen molar-refractivity contribution in [1.29, 1.82) is 0 Å². The van der Waals surface area contributed by atoms with E-state index in [2.05, 4.69) is 20.7 Å². The lowest BCUT2D eigenvalue weighted by atomic mass is 10.2. The number of nitrogens with zero attached hydrogens (tertiary/aromatic N) is 3. The van der Waals surface area contributed by atoms with E-state index in [-0.39, 0.29) is 0 Å². The Bertz CT molecular complexity index is 1170. The predicted octanol–water partition coefficient (Wildman–Crippen LogP) is 5.32. The van der Waals surface area contributed by atoms with Crippen LogP contribution in [0.3, 0.4) is 0 Å². The minimum atomic E-state index is 0.419. The van der Waals surface area contributed by atoms with Crippen LogP contribution >= 0.6 is 11.6 Å². The summed E-state index contributed by atoms with van der Waals surface area (Å²) in [6.45, 7) is 0.419. The molecule has 4 rings (SSSR count). The molecule has 7 heteroatoms. The third-order valence-electron chi connectivity index (χ3n) is 4.45. The van der Waals surface area contributed by atoms with Gasteiger partial charge in [0.05, 0.1) is 19.5 Å². The first-order chi connectivity index (χ1) is 14.7. The number of hydrazone groups is 1. The Morgan fingerprint density at radius 2 is 1.87 bits per heavy atom. The highest BCUT2D eigenvalue weighted by atomic mass is 35.5. The van der Waals surface area contributed by atoms with E-state index in [0.29, 0.717) is 28.9 Å². The van der Waals surface area contributed by atoms with Crippen LogP contribution in [0.4, 0.5) is 5.82 Å². The molecule has 4 aromatic rings. The highest BCUT2D eigenvalue weighted by Crippen LogP contribution is 2.28. The molecule has 0 aliphatic rings. The number of ether oxygens (including phenoxy) is 2. The Hall–Kier alpha value is -3.64. The number of anilines is 1. The lowest BCUT2D eigenvalue weighted by Gasteiger charge is -2.11. The van der Waals surface area contributed by atoms with Crippen LogP contribution < -0.4 is 14.9 Å². The van der Waals surface area contributed by atoms with Crippen molar-refractivity contribution < 1.29 is 9.47 Å². The molecule has 0 aliphatic carbocycles. The first-order valence-corrected chi connectivity index (χ1v) is 9.65. The maximum absolute atomic E-state index is 5.92. The van der Waals surface area contributed by atoms with Crippen LogP contribution in [0.1, 0.15) is 11.1 Å². The van der Waals surface area contributed by atoms with Crippen LogP contribution in [0.2, 0.25) is 5.02 Å². The predicted molar refractivity (Wildman–Crippen MR) is 120 cm³/mol. The summed E-state index contributed by atoms with van der Waals surface area (Å²) in [5.74, 6) is 1.87. The van der Waals surface area contributed by atoms with Gasteiger partial charge in [-0.2, -0.15) is 10.2 Å². The topological polar surface area (TPSA) is 68.6 Å². The lowest BCUT2D eigenvalue weighted by molar-refractivity contribution is 0.284. The van der Waals surface area contributed by atoms with Crippen LogP contribution in [0, 0.1) is 0 Å². The van der Waals surface area contributed by atoms with Crippen molar-refractivity contribution in [2.24, 2.45) is 5.10 Å². The number of rotatable bonds is 7. The molecule has 30 heavy (non-hydrogen) atoms. The van der Waals surface area contributed by atoms with Crippen molar-refractivity contribution in [3.05, 3.63) is 89.1 Å². The molecule has 0 saturated carbocycles. The zero-order valence-corrected chi connectivity index (χ0v) is 17.0. The van der Waals surface area contributed by atoms with E-state index in [9.17, 15) is 0 Å². The van der Waals surface area contributed by atoms with Gasteiger partial charge in [0.25, 0.3) is 0 Å². The van der Waals surface area contributed by atoms with Gasteiger partial charge >= 0.3 is 0 Å². The number of fused-ring (bicyclic) bond motifs is 1. The van der Waals surface area contributed by atoms with Crippen molar-refractivity contribution in [1.82, 2.24) is 10.2 Å². The zero-order chi connectivity index (χ0) is 20.8. The van der Waals surface area contributed by atoms with Crippen molar-refractivity contribution >= 4 is 34.4 Å². The van der Waals surface area contributed by atoms with Gasteiger partial charge in [0, 0.05) is 15.8 Å². The second kappa shape index (κ2) is 9.24. The molecule has 0 spiro atoms. The van der Waals surface area contributed by atoms with Gasteiger partial charge < -0.3 is 9.47 Å². The highest BCUT2D eigenvalue weighted by molar-refractivity contribution is 6.30. The maximum Gasteiger partial charge on any atom is 0.176 e. The van der Waals surface area contributed by atoms with E-state index in [1.165, 1.54) is 0 Å². The number of hydrogen-bond donors (Lipinski definition) is 1. The van der Waals surface area contributed by atoms with E-state index >= 15 is 0 Å². The fourth-order valence-electron chi connectivity index (χ4n) is 2.90. The molecule has 0 aliphatic heterocycles. The summed E-state index contributed by atoms with van der Waals surface area (Å²) in [6, 6.07) is 21.0. The Kier molecular flexibility index (Phi) is 6.06.